The van der Waals surface area contributed by atoms with Gasteiger partial charge in [-0.2, -0.15) is 4.58 Å². The molecule has 3 heterocycles. The Morgan fingerprint density at radius 1 is 0.758 bits per heavy atom. The third kappa shape index (κ3) is 2.20. The van der Waals surface area contributed by atoms with Crippen LogP contribution in [0, 0.1) is 0 Å². The highest BCUT2D eigenvalue weighted by molar-refractivity contribution is 7.26. The van der Waals surface area contributed by atoms with Crippen molar-refractivity contribution < 1.29 is 0 Å². The SMILES string of the molecule is C1=CC2=[N+](c3ccccc3)c3ccccc3N3c4c(ccc5sc6ccccc6c45)C(=C1)C23. The van der Waals surface area contributed by atoms with E-state index in [9.17, 15) is 0 Å². The van der Waals surface area contributed by atoms with Gasteiger partial charge in [0.25, 0.3) is 0 Å². The van der Waals surface area contributed by atoms with Gasteiger partial charge in [0.05, 0.1) is 5.69 Å². The van der Waals surface area contributed by atoms with Crippen LogP contribution in [-0.4, -0.2) is 11.8 Å². The van der Waals surface area contributed by atoms with E-state index in [1.165, 1.54) is 59.8 Å². The summed E-state index contributed by atoms with van der Waals surface area (Å²) >= 11 is 1.89. The van der Waals surface area contributed by atoms with Gasteiger partial charge in [0.2, 0.25) is 17.1 Å². The van der Waals surface area contributed by atoms with Crippen LogP contribution in [0.25, 0.3) is 25.7 Å². The molecule has 2 aliphatic heterocycles. The summed E-state index contributed by atoms with van der Waals surface area (Å²) in [6.07, 6.45) is 6.82. The van der Waals surface area contributed by atoms with Gasteiger partial charge in [-0.05, 0) is 23.8 Å². The van der Waals surface area contributed by atoms with Gasteiger partial charge >= 0.3 is 0 Å². The minimum Gasteiger partial charge on any atom is -0.317 e. The van der Waals surface area contributed by atoms with E-state index in [-0.39, 0.29) is 6.04 Å². The topological polar surface area (TPSA) is 6.25 Å². The van der Waals surface area contributed by atoms with Crippen LogP contribution < -0.4 is 9.48 Å². The minimum atomic E-state index is 0.171. The predicted molar refractivity (Wildman–Crippen MR) is 142 cm³/mol. The smallest absolute Gasteiger partial charge is 0.235 e. The quantitative estimate of drug-likeness (QED) is 0.241. The Morgan fingerprint density at radius 3 is 2.52 bits per heavy atom. The molecule has 1 aromatic heterocycles. The van der Waals surface area contributed by atoms with E-state index in [0.29, 0.717) is 0 Å². The molecule has 0 spiro atoms. The lowest BCUT2D eigenvalue weighted by molar-refractivity contribution is 0.933. The Kier molecular flexibility index (Phi) is 3.36. The molecule has 1 unspecified atom stereocenters. The van der Waals surface area contributed by atoms with Crippen LogP contribution >= 0.6 is 11.3 Å². The van der Waals surface area contributed by atoms with Gasteiger partial charge in [0.15, 0.2) is 0 Å². The van der Waals surface area contributed by atoms with E-state index in [0.717, 1.165) is 0 Å². The molecule has 1 aliphatic carbocycles. The lowest BCUT2D eigenvalue weighted by Gasteiger charge is -2.33. The van der Waals surface area contributed by atoms with Crippen molar-refractivity contribution in [2.45, 2.75) is 6.04 Å². The van der Waals surface area contributed by atoms with E-state index >= 15 is 0 Å². The molecule has 4 aromatic carbocycles. The normalized spacial score (nSPS) is 17.9. The fraction of sp³-hybridized carbons (Fsp3) is 0.0333. The summed E-state index contributed by atoms with van der Waals surface area (Å²) in [6.45, 7) is 0. The molecule has 3 aliphatic rings. The number of hydrogen-bond acceptors (Lipinski definition) is 2. The highest BCUT2D eigenvalue weighted by Gasteiger charge is 2.49. The zero-order valence-corrected chi connectivity index (χ0v) is 18.6. The van der Waals surface area contributed by atoms with Crippen molar-refractivity contribution in [2.75, 3.05) is 4.90 Å². The van der Waals surface area contributed by atoms with Gasteiger partial charge in [-0.1, -0.05) is 66.7 Å². The summed E-state index contributed by atoms with van der Waals surface area (Å²) in [4.78, 5) is 2.59. The molecule has 154 valence electrons. The number of fused-ring (bicyclic) bond motifs is 9. The number of allylic oxidation sites excluding steroid dienone is 2. The maximum Gasteiger partial charge on any atom is 0.235 e. The first-order valence-electron chi connectivity index (χ1n) is 11.3. The fourth-order valence-corrected chi connectivity index (χ4v) is 6.94. The molecule has 33 heavy (non-hydrogen) atoms. The zero-order chi connectivity index (χ0) is 21.5. The van der Waals surface area contributed by atoms with E-state index in [2.05, 4.69) is 119 Å². The number of nitrogens with zero attached hydrogens (tertiary/aromatic N) is 2. The standard InChI is InChI=1S/C30H19N2S/c1-2-9-19(10-3-1)31-23-13-5-6-14-24(23)32-29-20(12-8-15-25(29)31)21-17-18-27-28(30(21)32)22-11-4-7-16-26(22)33-27/h1-18,29H/q+1. The number of para-hydroxylation sites is 3. The first-order chi connectivity index (χ1) is 16.4. The number of thiophene rings is 1. The van der Waals surface area contributed by atoms with Crippen molar-refractivity contribution in [1.29, 1.82) is 0 Å². The molecular weight excluding hydrogens is 420 g/mol. The maximum atomic E-state index is 2.59. The van der Waals surface area contributed by atoms with Crippen molar-refractivity contribution in [3.05, 3.63) is 115 Å². The van der Waals surface area contributed by atoms with Gasteiger partial charge in [-0.25, -0.2) is 0 Å². The van der Waals surface area contributed by atoms with E-state index in [1.807, 2.05) is 11.3 Å². The summed E-state index contributed by atoms with van der Waals surface area (Å²) in [7, 11) is 0. The number of hydrogen-bond donors (Lipinski definition) is 0. The average Bonchev–Trinajstić information content (AvgIpc) is 3.42. The fourth-order valence-electron chi connectivity index (χ4n) is 5.83. The maximum absolute atomic E-state index is 2.59. The number of benzene rings is 4. The molecule has 0 saturated heterocycles. The van der Waals surface area contributed by atoms with Crippen LogP contribution in [0.2, 0.25) is 0 Å². The van der Waals surface area contributed by atoms with Crippen molar-refractivity contribution in [3.8, 4) is 0 Å². The van der Waals surface area contributed by atoms with Crippen LogP contribution in [-0.2, 0) is 0 Å². The third-order valence-electron chi connectivity index (χ3n) is 7.10. The van der Waals surface area contributed by atoms with E-state index in [1.54, 1.807) is 0 Å². The lowest BCUT2D eigenvalue weighted by atomic mass is 9.92. The van der Waals surface area contributed by atoms with Crippen LogP contribution in [0.15, 0.2) is 109 Å². The Hall–Kier alpha value is -3.95. The molecule has 0 bridgehead atoms. The molecule has 0 amide bonds. The van der Waals surface area contributed by atoms with E-state index < -0.39 is 0 Å². The van der Waals surface area contributed by atoms with Gasteiger partial charge in [-0.15, -0.1) is 11.3 Å². The van der Waals surface area contributed by atoms with Crippen LogP contribution in [0.4, 0.5) is 22.7 Å². The first-order valence-corrected chi connectivity index (χ1v) is 12.1. The Bertz CT molecular complexity index is 1720. The predicted octanol–water partition coefficient (Wildman–Crippen LogP) is 7.82. The molecule has 0 radical (unpaired) electrons. The van der Waals surface area contributed by atoms with Gasteiger partial charge in [0, 0.05) is 50.0 Å². The van der Waals surface area contributed by atoms with Crippen molar-refractivity contribution >= 4 is 65.5 Å². The largest absolute Gasteiger partial charge is 0.317 e. The molecule has 0 saturated carbocycles. The summed E-state index contributed by atoms with van der Waals surface area (Å²) in [6, 6.07) is 33.2. The van der Waals surface area contributed by atoms with Gasteiger partial charge in [0.1, 0.15) is 11.7 Å². The Labute approximate surface area is 195 Å². The number of rotatable bonds is 1. The molecule has 0 fully saturated rings. The summed E-state index contributed by atoms with van der Waals surface area (Å²) in [5.74, 6) is 0. The third-order valence-corrected chi connectivity index (χ3v) is 8.23. The second-order valence-corrected chi connectivity index (χ2v) is 9.86. The molecule has 3 heteroatoms. The second kappa shape index (κ2) is 6.31. The van der Waals surface area contributed by atoms with Crippen molar-refractivity contribution in [3.63, 3.8) is 0 Å². The lowest BCUT2D eigenvalue weighted by Crippen LogP contribution is -2.43. The van der Waals surface area contributed by atoms with Gasteiger partial charge < -0.3 is 4.90 Å². The van der Waals surface area contributed by atoms with Gasteiger partial charge in [-0.3, -0.25) is 0 Å². The molecule has 0 N–H and O–H groups in total. The highest BCUT2D eigenvalue weighted by atomic mass is 32.1. The van der Waals surface area contributed by atoms with Crippen LogP contribution in [0.3, 0.4) is 0 Å². The molecule has 2 nitrogen and oxygen atoms in total. The molecule has 5 aromatic rings. The molecule has 1 atom stereocenters. The highest BCUT2D eigenvalue weighted by Crippen LogP contribution is 2.56. The molecular formula is C30H19N2S+. The first kappa shape index (κ1) is 17.6. The number of anilines is 2. The summed E-state index contributed by atoms with van der Waals surface area (Å²) in [5.41, 5.74) is 9.08. The Balaban J connectivity index is 1.53. The summed E-state index contributed by atoms with van der Waals surface area (Å²) in [5, 5.41) is 2.73. The van der Waals surface area contributed by atoms with Crippen LogP contribution in [0.1, 0.15) is 5.56 Å². The minimum absolute atomic E-state index is 0.171. The summed E-state index contributed by atoms with van der Waals surface area (Å²) < 4.78 is 5.14. The average molecular weight is 440 g/mol. The molecule has 8 rings (SSSR count). The zero-order valence-electron chi connectivity index (χ0n) is 17.8. The van der Waals surface area contributed by atoms with E-state index in [4.69, 9.17) is 0 Å². The van der Waals surface area contributed by atoms with Crippen LogP contribution in [0.5, 0.6) is 0 Å². The second-order valence-electron chi connectivity index (χ2n) is 8.77. The Morgan fingerprint density at radius 2 is 1.58 bits per heavy atom. The van der Waals surface area contributed by atoms with Crippen molar-refractivity contribution in [1.82, 2.24) is 4.58 Å². The monoisotopic (exact) mass is 439 g/mol. The van der Waals surface area contributed by atoms with Crippen molar-refractivity contribution in [2.24, 2.45) is 0 Å².